The Hall–Kier alpha value is -1.62. The van der Waals surface area contributed by atoms with Crippen molar-refractivity contribution in [1.82, 2.24) is 5.32 Å². The van der Waals surface area contributed by atoms with Crippen LogP contribution in [0.4, 0.5) is 0 Å². The van der Waals surface area contributed by atoms with Crippen LogP contribution >= 0.6 is 12.2 Å². The molecule has 0 saturated heterocycles. The van der Waals surface area contributed by atoms with Crippen LogP contribution in [-0.4, -0.2) is 17.6 Å². The molecule has 0 spiro atoms. The molecule has 92 valence electrons. The van der Waals surface area contributed by atoms with Crippen LogP contribution in [-0.2, 0) is 4.79 Å². The zero-order valence-electron chi connectivity index (χ0n) is 9.90. The van der Waals surface area contributed by atoms with Crippen molar-refractivity contribution in [2.24, 2.45) is 5.73 Å². The van der Waals surface area contributed by atoms with Gasteiger partial charge in [-0.15, -0.1) is 0 Å². The van der Waals surface area contributed by atoms with Gasteiger partial charge in [0.25, 0.3) is 5.91 Å². The Labute approximate surface area is 106 Å². The van der Waals surface area contributed by atoms with E-state index in [0.717, 1.165) is 0 Å². The first-order valence-electron chi connectivity index (χ1n) is 5.31. The summed E-state index contributed by atoms with van der Waals surface area (Å²) in [4.78, 5) is 11.2. The lowest BCUT2D eigenvalue weighted by atomic mass is 10.0. The van der Waals surface area contributed by atoms with Gasteiger partial charge < -0.3 is 15.8 Å². The SMILES string of the molecule is CC(C)c1ccc(OCC(=O)NC(N)=S)cc1. The third-order valence-corrected chi connectivity index (χ3v) is 2.28. The summed E-state index contributed by atoms with van der Waals surface area (Å²) in [6.45, 7) is 4.13. The van der Waals surface area contributed by atoms with Crippen LogP contribution in [0.2, 0.25) is 0 Å². The summed E-state index contributed by atoms with van der Waals surface area (Å²) in [7, 11) is 0. The van der Waals surface area contributed by atoms with Crippen LogP contribution in [0.25, 0.3) is 0 Å². The number of ether oxygens (including phenoxy) is 1. The highest BCUT2D eigenvalue weighted by Crippen LogP contribution is 2.18. The van der Waals surface area contributed by atoms with Gasteiger partial charge in [0, 0.05) is 0 Å². The van der Waals surface area contributed by atoms with Crippen molar-refractivity contribution in [1.29, 1.82) is 0 Å². The minimum absolute atomic E-state index is 0.0474. The van der Waals surface area contributed by atoms with E-state index in [1.54, 1.807) is 0 Å². The summed E-state index contributed by atoms with van der Waals surface area (Å²) in [6, 6.07) is 7.63. The number of carbonyl (C=O) groups excluding carboxylic acids is 1. The first kappa shape index (κ1) is 13.4. The maximum absolute atomic E-state index is 11.2. The fourth-order valence-electron chi connectivity index (χ4n) is 1.27. The number of hydrogen-bond acceptors (Lipinski definition) is 3. The molecule has 0 bridgehead atoms. The molecule has 0 aromatic heterocycles. The second-order valence-corrected chi connectivity index (χ2v) is 4.36. The monoisotopic (exact) mass is 252 g/mol. The molecule has 1 aromatic rings. The molecule has 0 radical (unpaired) electrons. The molecule has 4 nitrogen and oxygen atoms in total. The number of carbonyl (C=O) groups is 1. The van der Waals surface area contributed by atoms with Gasteiger partial charge in [-0.3, -0.25) is 4.79 Å². The number of nitrogens with one attached hydrogen (secondary N) is 1. The highest BCUT2D eigenvalue weighted by Gasteiger charge is 2.04. The minimum atomic E-state index is -0.356. The van der Waals surface area contributed by atoms with E-state index in [2.05, 4.69) is 31.4 Å². The van der Waals surface area contributed by atoms with Gasteiger partial charge in [0.05, 0.1) is 0 Å². The van der Waals surface area contributed by atoms with E-state index < -0.39 is 0 Å². The molecule has 0 heterocycles. The average Bonchev–Trinajstić information content (AvgIpc) is 2.26. The molecule has 0 fully saturated rings. The Kier molecular flexibility index (Phi) is 4.90. The van der Waals surface area contributed by atoms with Gasteiger partial charge in [-0.2, -0.15) is 0 Å². The normalized spacial score (nSPS) is 10.1. The van der Waals surface area contributed by atoms with Crippen molar-refractivity contribution in [3.8, 4) is 5.75 Å². The predicted octanol–water partition coefficient (Wildman–Crippen LogP) is 1.55. The Morgan fingerprint density at radius 1 is 1.41 bits per heavy atom. The number of rotatable bonds is 4. The Bertz CT molecular complexity index is 401. The number of benzene rings is 1. The second-order valence-electron chi connectivity index (χ2n) is 3.92. The Balaban J connectivity index is 2.47. The van der Waals surface area contributed by atoms with E-state index in [1.807, 2.05) is 24.3 Å². The summed E-state index contributed by atoms with van der Waals surface area (Å²) in [5.74, 6) is 0.764. The van der Waals surface area contributed by atoms with Crippen LogP contribution in [0.5, 0.6) is 5.75 Å². The quantitative estimate of drug-likeness (QED) is 0.798. The fourth-order valence-corrected chi connectivity index (χ4v) is 1.39. The van der Waals surface area contributed by atoms with Gasteiger partial charge >= 0.3 is 0 Å². The number of thiocarbonyl (C=S) groups is 1. The summed E-state index contributed by atoms with van der Waals surface area (Å²) in [5, 5.41) is 2.24. The number of nitrogens with two attached hydrogens (primary N) is 1. The molecular weight excluding hydrogens is 236 g/mol. The molecule has 0 saturated carbocycles. The highest BCUT2D eigenvalue weighted by molar-refractivity contribution is 7.80. The van der Waals surface area contributed by atoms with Crippen LogP contribution in [0, 0.1) is 0 Å². The first-order chi connectivity index (χ1) is 7.99. The van der Waals surface area contributed by atoms with E-state index in [4.69, 9.17) is 10.5 Å². The summed E-state index contributed by atoms with van der Waals surface area (Å²) in [6.07, 6.45) is 0. The Morgan fingerprint density at radius 3 is 2.47 bits per heavy atom. The van der Waals surface area contributed by atoms with Gasteiger partial charge in [-0.1, -0.05) is 26.0 Å². The molecule has 0 aliphatic rings. The highest BCUT2D eigenvalue weighted by atomic mass is 32.1. The van der Waals surface area contributed by atoms with Crippen molar-refractivity contribution in [3.63, 3.8) is 0 Å². The molecule has 1 aromatic carbocycles. The maximum Gasteiger partial charge on any atom is 0.264 e. The molecule has 1 rings (SSSR count). The van der Waals surface area contributed by atoms with Crippen molar-refractivity contribution < 1.29 is 9.53 Å². The average molecular weight is 252 g/mol. The van der Waals surface area contributed by atoms with Gasteiger partial charge in [-0.25, -0.2) is 0 Å². The van der Waals surface area contributed by atoms with Gasteiger partial charge in [0.2, 0.25) is 0 Å². The minimum Gasteiger partial charge on any atom is -0.484 e. The molecule has 0 unspecified atom stereocenters. The third kappa shape index (κ3) is 4.82. The van der Waals surface area contributed by atoms with Gasteiger partial charge in [0.15, 0.2) is 11.7 Å². The zero-order chi connectivity index (χ0) is 12.8. The van der Waals surface area contributed by atoms with Crippen molar-refractivity contribution >= 4 is 23.2 Å². The largest absolute Gasteiger partial charge is 0.484 e. The van der Waals surface area contributed by atoms with Crippen LogP contribution < -0.4 is 15.8 Å². The third-order valence-electron chi connectivity index (χ3n) is 2.18. The second kappa shape index (κ2) is 6.20. The summed E-state index contributed by atoms with van der Waals surface area (Å²) >= 11 is 4.54. The predicted molar refractivity (Wildman–Crippen MR) is 71.0 cm³/mol. The van der Waals surface area contributed by atoms with E-state index in [9.17, 15) is 4.79 Å². The molecule has 1 amide bonds. The van der Waals surface area contributed by atoms with E-state index in [1.165, 1.54) is 5.56 Å². The smallest absolute Gasteiger partial charge is 0.264 e. The molecular formula is C12H16N2O2S. The van der Waals surface area contributed by atoms with Crippen LogP contribution in [0.3, 0.4) is 0 Å². The van der Waals surface area contributed by atoms with Crippen LogP contribution in [0.15, 0.2) is 24.3 Å². The van der Waals surface area contributed by atoms with E-state index >= 15 is 0 Å². The topological polar surface area (TPSA) is 64.3 Å². The molecule has 0 aliphatic heterocycles. The molecule has 0 atom stereocenters. The lowest BCUT2D eigenvalue weighted by molar-refractivity contribution is -0.121. The number of amides is 1. The van der Waals surface area contributed by atoms with Crippen molar-refractivity contribution in [2.45, 2.75) is 19.8 Å². The van der Waals surface area contributed by atoms with Crippen molar-refractivity contribution in [2.75, 3.05) is 6.61 Å². The standard InChI is InChI=1S/C12H16N2O2S/c1-8(2)9-3-5-10(6-4-9)16-7-11(15)14-12(13)17/h3-6,8H,7H2,1-2H3,(H3,13,14,15,17). The Morgan fingerprint density at radius 2 is 2.00 bits per heavy atom. The van der Waals surface area contributed by atoms with Gasteiger partial charge in [-0.05, 0) is 35.8 Å². The van der Waals surface area contributed by atoms with Gasteiger partial charge in [0.1, 0.15) is 5.75 Å². The first-order valence-corrected chi connectivity index (χ1v) is 5.72. The van der Waals surface area contributed by atoms with E-state index in [0.29, 0.717) is 11.7 Å². The van der Waals surface area contributed by atoms with Crippen LogP contribution in [0.1, 0.15) is 25.3 Å². The lowest BCUT2D eigenvalue weighted by Gasteiger charge is -2.08. The maximum atomic E-state index is 11.2. The zero-order valence-corrected chi connectivity index (χ0v) is 10.7. The molecule has 5 heteroatoms. The van der Waals surface area contributed by atoms with E-state index in [-0.39, 0.29) is 17.6 Å². The van der Waals surface area contributed by atoms with Crippen molar-refractivity contribution in [3.05, 3.63) is 29.8 Å². The lowest BCUT2D eigenvalue weighted by Crippen LogP contribution is -2.37. The number of hydrogen-bond donors (Lipinski definition) is 2. The molecule has 0 aliphatic carbocycles. The fraction of sp³-hybridized carbons (Fsp3) is 0.333. The summed E-state index contributed by atoms with van der Waals surface area (Å²) in [5.41, 5.74) is 6.39. The summed E-state index contributed by atoms with van der Waals surface area (Å²) < 4.78 is 5.28. The molecule has 3 N–H and O–H groups in total. The molecule has 17 heavy (non-hydrogen) atoms.